The molecule has 0 spiro atoms. The fraction of sp³-hybridized carbons (Fsp3) is 0.133. The monoisotopic (exact) mass is 796 g/mol. The average molecular weight is 797 g/mol. The summed E-state index contributed by atoms with van der Waals surface area (Å²) in [6.07, 6.45) is 5.21. The zero-order valence-electron chi connectivity index (χ0n) is 36.1. The van der Waals surface area contributed by atoms with Crippen LogP contribution in [0.3, 0.4) is 0 Å². The Morgan fingerprint density at radius 3 is 1.63 bits per heavy atom. The van der Waals surface area contributed by atoms with Crippen molar-refractivity contribution in [3.8, 4) is 44.8 Å². The van der Waals surface area contributed by atoms with Crippen molar-refractivity contribution in [2.24, 2.45) is 0 Å². The van der Waals surface area contributed by atoms with Crippen molar-refractivity contribution in [2.75, 3.05) is 0 Å². The molecule has 0 fully saturated rings. The molecule has 2 aromatic heterocycles. The Morgan fingerprint density at radius 2 is 0.984 bits per heavy atom. The van der Waals surface area contributed by atoms with Gasteiger partial charge in [-0.05, 0) is 140 Å². The van der Waals surface area contributed by atoms with E-state index < -0.39 is 0 Å². The highest BCUT2D eigenvalue weighted by Crippen LogP contribution is 2.59. The van der Waals surface area contributed by atoms with Crippen LogP contribution in [-0.4, -0.2) is 9.13 Å². The Bertz CT molecular complexity index is 3510. The van der Waals surface area contributed by atoms with E-state index >= 15 is 0 Å². The maximum Gasteiger partial charge on any atom is 0.0541 e. The Kier molecular flexibility index (Phi) is 7.79. The fourth-order valence-electron chi connectivity index (χ4n) is 11.5. The molecule has 0 N–H and O–H groups in total. The summed E-state index contributed by atoms with van der Waals surface area (Å²) in [5, 5.41) is 5.08. The molecule has 2 heteroatoms. The second-order valence-electron chi connectivity index (χ2n) is 18.4. The van der Waals surface area contributed by atoms with Crippen LogP contribution in [0.2, 0.25) is 0 Å². The third-order valence-corrected chi connectivity index (χ3v) is 14.3. The lowest BCUT2D eigenvalue weighted by atomic mass is 9.72. The van der Waals surface area contributed by atoms with Crippen molar-refractivity contribution in [3.05, 3.63) is 210 Å². The first kappa shape index (κ1) is 36.7. The zero-order valence-corrected chi connectivity index (χ0v) is 36.1. The lowest BCUT2D eigenvalue weighted by molar-refractivity contribution is 0.601. The smallest absolute Gasteiger partial charge is 0.0541 e. The van der Waals surface area contributed by atoms with Gasteiger partial charge in [-0.2, -0.15) is 0 Å². The highest BCUT2D eigenvalue weighted by atomic mass is 15.0. The molecule has 0 unspecified atom stereocenters. The Balaban J connectivity index is 1.00. The van der Waals surface area contributed by atoms with Gasteiger partial charge >= 0.3 is 0 Å². The predicted molar refractivity (Wildman–Crippen MR) is 264 cm³/mol. The first-order valence-electron chi connectivity index (χ1n) is 22.1. The minimum atomic E-state index is -0.165. The summed E-state index contributed by atoms with van der Waals surface area (Å²) in [6.45, 7) is 16.1. The van der Waals surface area contributed by atoms with Crippen LogP contribution >= 0.6 is 0 Å². The average Bonchev–Trinajstić information content (AvgIpc) is 3.96. The summed E-state index contributed by atoms with van der Waals surface area (Å²) in [5.74, 6) is 0. The van der Waals surface area contributed by atoms with E-state index in [1.807, 2.05) is 6.08 Å². The van der Waals surface area contributed by atoms with E-state index in [9.17, 15) is 0 Å². The second-order valence-corrected chi connectivity index (χ2v) is 18.4. The molecule has 62 heavy (non-hydrogen) atoms. The lowest BCUT2D eigenvalue weighted by Crippen LogP contribution is -2.24. The number of para-hydroxylation sites is 3. The van der Waals surface area contributed by atoms with Crippen molar-refractivity contribution in [1.82, 2.24) is 9.13 Å². The van der Waals surface area contributed by atoms with E-state index in [0.29, 0.717) is 0 Å². The van der Waals surface area contributed by atoms with E-state index in [1.54, 1.807) is 0 Å². The molecule has 0 saturated heterocycles. The second kappa shape index (κ2) is 13.2. The van der Waals surface area contributed by atoms with Crippen molar-refractivity contribution in [2.45, 2.75) is 51.9 Å². The third-order valence-electron chi connectivity index (χ3n) is 14.3. The minimum absolute atomic E-state index is 0.161. The van der Waals surface area contributed by atoms with Crippen LogP contribution in [0, 0.1) is 0 Å². The number of rotatable bonds is 6. The first-order valence-corrected chi connectivity index (χ1v) is 22.1. The topological polar surface area (TPSA) is 9.86 Å². The van der Waals surface area contributed by atoms with Crippen molar-refractivity contribution in [3.63, 3.8) is 0 Å². The number of hydrogen-bond donors (Lipinski definition) is 0. The van der Waals surface area contributed by atoms with Crippen LogP contribution in [0.1, 0.15) is 68.9 Å². The van der Waals surface area contributed by atoms with Gasteiger partial charge in [0.05, 0.1) is 22.1 Å². The minimum Gasteiger partial charge on any atom is -0.309 e. The fourth-order valence-corrected chi connectivity index (χ4v) is 11.5. The quantitative estimate of drug-likeness (QED) is 0.148. The number of hydrogen-bond acceptors (Lipinski definition) is 0. The SMILES string of the molecule is C=C/C(=C\CC)c1ccc2c(c1)c1cc(-c3ccc4c(c3)-c3ccc5c(c3C4(C)C)C(C)(C)c3ccc(-n4c6ccccc6c6ccccc64)cc3-5)ccc1n2-c1ccccc1. The summed E-state index contributed by atoms with van der Waals surface area (Å²) in [6, 6.07) is 61.5. The molecule has 2 nitrogen and oxygen atoms in total. The van der Waals surface area contributed by atoms with Gasteiger partial charge in [-0.25, -0.2) is 0 Å². The molecular formula is C60H48N2. The molecule has 2 heterocycles. The van der Waals surface area contributed by atoms with E-state index in [4.69, 9.17) is 0 Å². The van der Waals surface area contributed by atoms with Crippen LogP contribution < -0.4 is 0 Å². The summed E-state index contributed by atoms with van der Waals surface area (Å²) < 4.78 is 4.85. The van der Waals surface area contributed by atoms with E-state index in [-0.39, 0.29) is 10.8 Å². The lowest BCUT2D eigenvalue weighted by Gasteiger charge is -2.30. The molecule has 2 aliphatic carbocycles. The van der Waals surface area contributed by atoms with Gasteiger partial charge in [-0.3, -0.25) is 0 Å². The highest BCUT2D eigenvalue weighted by Gasteiger charge is 2.46. The van der Waals surface area contributed by atoms with E-state index in [1.165, 1.54) is 116 Å². The predicted octanol–water partition coefficient (Wildman–Crippen LogP) is 16.1. The van der Waals surface area contributed by atoms with Gasteiger partial charge in [0.2, 0.25) is 0 Å². The van der Waals surface area contributed by atoms with Crippen molar-refractivity contribution in [1.29, 1.82) is 0 Å². The van der Waals surface area contributed by atoms with E-state index in [2.05, 4.69) is 220 Å². The van der Waals surface area contributed by atoms with Gasteiger partial charge in [0.25, 0.3) is 0 Å². The first-order chi connectivity index (χ1) is 30.2. The molecule has 2 aliphatic rings. The number of nitrogens with zero attached hydrogens (tertiary/aromatic N) is 2. The third kappa shape index (κ3) is 4.98. The molecule has 10 aromatic rings. The Morgan fingerprint density at radius 1 is 0.468 bits per heavy atom. The largest absolute Gasteiger partial charge is 0.309 e. The number of fused-ring (bicyclic) bond motifs is 13. The zero-order chi connectivity index (χ0) is 42.1. The molecule has 0 saturated carbocycles. The molecular weight excluding hydrogens is 749 g/mol. The van der Waals surface area contributed by atoms with Crippen molar-refractivity contribution < 1.29 is 0 Å². The van der Waals surface area contributed by atoms with Crippen molar-refractivity contribution >= 4 is 49.2 Å². The van der Waals surface area contributed by atoms with Crippen LogP contribution in [0.15, 0.2) is 183 Å². The molecule has 0 bridgehead atoms. The highest BCUT2D eigenvalue weighted by molar-refractivity contribution is 6.12. The maximum absolute atomic E-state index is 4.15. The van der Waals surface area contributed by atoms with Crippen LogP contribution in [0.5, 0.6) is 0 Å². The normalized spacial score (nSPS) is 14.7. The molecule has 12 rings (SSSR count). The van der Waals surface area contributed by atoms with Crippen LogP contribution in [0.4, 0.5) is 0 Å². The van der Waals surface area contributed by atoms with Gasteiger partial charge in [0.15, 0.2) is 0 Å². The van der Waals surface area contributed by atoms with E-state index in [0.717, 1.165) is 12.1 Å². The van der Waals surface area contributed by atoms with Gasteiger partial charge in [-0.15, -0.1) is 0 Å². The molecule has 0 aliphatic heterocycles. The summed E-state index contributed by atoms with van der Waals surface area (Å²) in [5.41, 5.74) is 22.9. The van der Waals surface area contributed by atoms with Gasteiger partial charge in [0.1, 0.15) is 0 Å². The summed E-state index contributed by atoms with van der Waals surface area (Å²) in [4.78, 5) is 0. The summed E-state index contributed by atoms with van der Waals surface area (Å²) >= 11 is 0. The molecule has 298 valence electrons. The molecule has 0 atom stereocenters. The molecule has 0 radical (unpaired) electrons. The van der Waals surface area contributed by atoms with Crippen LogP contribution in [0.25, 0.3) is 93.9 Å². The van der Waals surface area contributed by atoms with Gasteiger partial charge < -0.3 is 9.13 Å². The van der Waals surface area contributed by atoms with Crippen LogP contribution in [-0.2, 0) is 10.8 Å². The number of benzene rings is 8. The Labute approximate surface area is 363 Å². The standard InChI is InChI=1S/C60H48N2/c1-7-16-37(8-2)38-24-31-55-49(34-38)50-35-40(25-32-56(50)61(55)41-17-10-9-11-18-41)39-23-29-51-47(33-39)45-27-28-46-48-36-42(26-30-52(48)60(5,6)58(46)57(45)59(51,3)4)62-53-21-14-12-19-43(53)44-20-13-15-22-54(44)62/h8-36H,2,7H2,1,3-6H3/b37-16+. The number of aromatic nitrogens is 2. The maximum atomic E-state index is 4.15. The number of allylic oxidation sites excluding steroid dienone is 3. The Hall–Kier alpha value is -7.16. The van der Waals surface area contributed by atoms with Gasteiger partial charge in [-0.1, -0.05) is 150 Å². The summed E-state index contributed by atoms with van der Waals surface area (Å²) in [7, 11) is 0. The molecule has 8 aromatic carbocycles. The van der Waals surface area contributed by atoms with Gasteiger partial charge in [0, 0.05) is 43.7 Å². The molecule has 0 amide bonds.